The molecule has 2 saturated carbocycles. The molecule has 2 fully saturated rings. The molecule has 4 rings (SSSR count). The van der Waals surface area contributed by atoms with Crippen LogP contribution in [0.2, 0.25) is 0 Å². The van der Waals surface area contributed by atoms with Crippen molar-refractivity contribution in [1.82, 2.24) is 9.97 Å². The summed E-state index contributed by atoms with van der Waals surface area (Å²) in [6.45, 7) is 4.70. The maximum absolute atomic E-state index is 9.96. The van der Waals surface area contributed by atoms with Crippen LogP contribution in [0.1, 0.15) is 58.5 Å². The number of nitrogens with zero attached hydrogens (tertiary/aromatic N) is 3. The van der Waals surface area contributed by atoms with Gasteiger partial charge in [0.15, 0.2) is 0 Å². The molecule has 1 aromatic heterocycles. The van der Waals surface area contributed by atoms with E-state index in [9.17, 15) is 10.4 Å². The molecule has 0 aliphatic heterocycles. The molecular weight excluding hydrogens is 390 g/mol. The molecule has 0 radical (unpaired) electrons. The number of aliphatic hydroxyl groups is 1. The second kappa shape index (κ2) is 9.11. The predicted molar refractivity (Wildman–Crippen MR) is 122 cm³/mol. The van der Waals surface area contributed by atoms with Gasteiger partial charge in [-0.15, -0.1) is 0 Å². The van der Waals surface area contributed by atoms with Crippen LogP contribution in [0.3, 0.4) is 0 Å². The first-order valence-electron chi connectivity index (χ1n) is 11.2. The summed E-state index contributed by atoms with van der Waals surface area (Å²) in [5.74, 6) is 1.94. The molecule has 2 aliphatic carbocycles. The lowest BCUT2D eigenvalue weighted by Crippen LogP contribution is -2.57. The first-order valence-corrected chi connectivity index (χ1v) is 11.2. The summed E-state index contributed by atoms with van der Waals surface area (Å²) in [6.07, 6.45) is 7.89. The van der Waals surface area contributed by atoms with Crippen LogP contribution >= 0.6 is 0 Å². The largest absolute Gasteiger partial charge is 0.490 e. The van der Waals surface area contributed by atoms with E-state index in [4.69, 9.17) is 4.74 Å². The zero-order chi connectivity index (χ0) is 21.8. The van der Waals surface area contributed by atoms with Gasteiger partial charge in [-0.25, -0.2) is 4.98 Å². The molecule has 7 nitrogen and oxygen atoms in total. The molecule has 0 bridgehead atoms. The second-order valence-corrected chi connectivity index (χ2v) is 9.18. The summed E-state index contributed by atoms with van der Waals surface area (Å²) in [5.41, 5.74) is 1.36. The van der Waals surface area contributed by atoms with E-state index in [-0.39, 0.29) is 19.0 Å². The molecule has 7 heteroatoms. The topological polar surface area (TPSA) is 103 Å². The number of aliphatic hydroxyl groups excluding tert-OH is 1. The Morgan fingerprint density at radius 3 is 2.65 bits per heavy atom. The summed E-state index contributed by atoms with van der Waals surface area (Å²) in [6, 6.07) is 10.5. The zero-order valence-corrected chi connectivity index (χ0v) is 18.3. The SMILES string of the molecule is CC1(C)[C@@H](O)C[C@H]1Nc1nc(NCCc2ccc(OC3CCCC3)cc2)ncc1C#N.[HH]. The van der Waals surface area contributed by atoms with Crippen molar-refractivity contribution in [1.29, 1.82) is 5.26 Å². The number of ether oxygens (including phenoxy) is 1. The Labute approximate surface area is 185 Å². The van der Waals surface area contributed by atoms with E-state index < -0.39 is 0 Å². The van der Waals surface area contributed by atoms with Crippen molar-refractivity contribution in [3.63, 3.8) is 0 Å². The highest BCUT2D eigenvalue weighted by atomic mass is 16.5. The third-order valence-corrected chi connectivity index (χ3v) is 6.66. The number of hydrogen-bond donors (Lipinski definition) is 3. The summed E-state index contributed by atoms with van der Waals surface area (Å²) in [4.78, 5) is 8.76. The second-order valence-electron chi connectivity index (χ2n) is 9.18. The highest BCUT2D eigenvalue weighted by Gasteiger charge is 2.47. The van der Waals surface area contributed by atoms with Crippen molar-refractivity contribution in [2.24, 2.45) is 5.41 Å². The van der Waals surface area contributed by atoms with Crippen LogP contribution in [0.25, 0.3) is 0 Å². The van der Waals surface area contributed by atoms with Gasteiger partial charge >= 0.3 is 0 Å². The molecule has 0 spiro atoms. The van der Waals surface area contributed by atoms with Crippen LogP contribution in [0.5, 0.6) is 5.75 Å². The van der Waals surface area contributed by atoms with Crippen LogP contribution in [-0.2, 0) is 6.42 Å². The van der Waals surface area contributed by atoms with Gasteiger partial charge in [0.2, 0.25) is 5.95 Å². The van der Waals surface area contributed by atoms with E-state index in [1.54, 1.807) is 0 Å². The summed E-state index contributed by atoms with van der Waals surface area (Å²) < 4.78 is 6.02. The Morgan fingerprint density at radius 1 is 1.26 bits per heavy atom. The van der Waals surface area contributed by atoms with Crippen molar-refractivity contribution in [3.8, 4) is 11.8 Å². The van der Waals surface area contributed by atoms with Gasteiger partial charge in [-0.05, 0) is 56.2 Å². The third-order valence-electron chi connectivity index (χ3n) is 6.66. The quantitative estimate of drug-likeness (QED) is 0.586. The molecule has 166 valence electrons. The van der Waals surface area contributed by atoms with Crippen LogP contribution in [0, 0.1) is 16.7 Å². The molecule has 3 N–H and O–H groups in total. The lowest BCUT2D eigenvalue weighted by atomic mass is 9.64. The maximum Gasteiger partial charge on any atom is 0.224 e. The van der Waals surface area contributed by atoms with E-state index in [0.717, 1.165) is 25.0 Å². The lowest BCUT2D eigenvalue weighted by molar-refractivity contribution is -0.0511. The van der Waals surface area contributed by atoms with Gasteiger partial charge in [0.25, 0.3) is 0 Å². The molecule has 2 atom stereocenters. The van der Waals surface area contributed by atoms with Crippen molar-refractivity contribution >= 4 is 11.8 Å². The van der Waals surface area contributed by atoms with E-state index in [1.165, 1.54) is 24.6 Å². The van der Waals surface area contributed by atoms with Crippen molar-refractivity contribution in [2.75, 3.05) is 17.2 Å². The van der Waals surface area contributed by atoms with Crippen molar-refractivity contribution in [3.05, 3.63) is 41.6 Å². The van der Waals surface area contributed by atoms with E-state index in [2.05, 4.69) is 38.8 Å². The Kier molecular flexibility index (Phi) is 6.28. The average Bonchev–Trinajstić information content (AvgIpc) is 3.28. The molecular formula is C24H33N5O2. The Morgan fingerprint density at radius 2 is 2.00 bits per heavy atom. The van der Waals surface area contributed by atoms with Gasteiger partial charge < -0.3 is 20.5 Å². The van der Waals surface area contributed by atoms with Crippen molar-refractivity contribution < 1.29 is 11.3 Å². The predicted octanol–water partition coefficient (Wildman–Crippen LogP) is 4.14. The summed E-state index contributed by atoms with van der Waals surface area (Å²) in [5, 5.41) is 25.9. The standard InChI is InChI=1S/C24H31N5O2.H2/c1-24(2)20(13-21(24)30)28-22-17(14-25)15-27-23(29-22)26-12-11-16-7-9-19(10-8-16)31-18-5-3-4-6-18;/h7-10,15,18,20-21,30H,3-6,11-13H2,1-2H3,(H2,26,27,28,29);1H/t20-,21+;/m1./s1. The van der Waals surface area contributed by atoms with Gasteiger partial charge in [-0.3, -0.25) is 0 Å². The normalized spacial score (nSPS) is 22.4. The number of aromatic nitrogens is 2. The average molecular weight is 424 g/mol. The fraction of sp³-hybridized carbons (Fsp3) is 0.542. The minimum atomic E-state index is -0.343. The molecule has 1 heterocycles. The zero-order valence-electron chi connectivity index (χ0n) is 18.3. The van der Waals surface area contributed by atoms with Gasteiger partial charge in [-0.2, -0.15) is 10.2 Å². The smallest absolute Gasteiger partial charge is 0.224 e. The first-order chi connectivity index (χ1) is 15.0. The highest BCUT2D eigenvalue weighted by Crippen LogP contribution is 2.42. The number of rotatable bonds is 8. The number of hydrogen-bond acceptors (Lipinski definition) is 7. The minimum Gasteiger partial charge on any atom is -0.490 e. The molecule has 2 aliphatic rings. The molecule has 2 aromatic rings. The highest BCUT2D eigenvalue weighted by molar-refractivity contribution is 5.54. The van der Waals surface area contributed by atoms with Gasteiger partial charge in [0.1, 0.15) is 23.2 Å². The minimum absolute atomic E-state index is 0. The lowest BCUT2D eigenvalue weighted by Gasteiger charge is -2.49. The molecule has 0 saturated heterocycles. The number of anilines is 2. The van der Waals surface area contributed by atoms with Crippen LogP contribution in [-0.4, -0.2) is 39.9 Å². The Hall–Kier alpha value is -2.85. The van der Waals surface area contributed by atoms with Crippen LogP contribution in [0.15, 0.2) is 30.5 Å². The number of benzene rings is 1. The van der Waals surface area contributed by atoms with E-state index >= 15 is 0 Å². The summed E-state index contributed by atoms with van der Waals surface area (Å²) in [7, 11) is 0. The van der Waals surface area contributed by atoms with Gasteiger partial charge in [0, 0.05) is 19.4 Å². The number of nitriles is 1. The fourth-order valence-electron chi connectivity index (χ4n) is 4.22. The van der Waals surface area contributed by atoms with Gasteiger partial charge in [-0.1, -0.05) is 26.0 Å². The van der Waals surface area contributed by atoms with Crippen LogP contribution in [0.4, 0.5) is 11.8 Å². The summed E-state index contributed by atoms with van der Waals surface area (Å²) >= 11 is 0. The van der Waals surface area contributed by atoms with E-state index in [0.29, 0.717) is 36.4 Å². The molecule has 0 unspecified atom stereocenters. The van der Waals surface area contributed by atoms with Gasteiger partial charge in [0.05, 0.1) is 18.4 Å². The van der Waals surface area contributed by atoms with E-state index in [1.807, 2.05) is 26.0 Å². The molecule has 31 heavy (non-hydrogen) atoms. The number of nitrogens with one attached hydrogen (secondary N) is 2. The fourth-order valence-corrected chi connectivity index (χ4v) is 4.22. The monoisotopic (exact) mass is 423 g/mol. The Balaban J connectivity index is 0.00000289. The molecule has 1 aromatic carbocycles. The van der Waals surface area contributed by atoms with Crippen molar-refractivity contribution in [2.45, 2.75) is 70.6 Å². The Bertz CT molecular complexity index is 938. The first kappa shape index (κ1) is 21.4. The maximum atomic E-state index is 9.96. The van der Waals surface area contributed by atoms with Crippen LogP contribution < -0.4 is 15.4 Å². The molecule has 0 amide bonds. The third kappa shape index (κ3) is 4.91.